The van der Waals surface area contributed by atoms with Gasteiger partial charge in [0, 0.05) is 32.0 Å². The minimum atomic E-state index is -2.41. The van der Waals surface area contributed by atoms with E-state index in [0.717, 1.165) is 13.0 Å². The molecule has 1 aliphatic heterocycles. The van der Waals surface area contributed by atoms with Crippen molar-refractivity contribution < 1.29 is 13.9 Å². The maximum atomic E-state index is 12.6. The molecule has 1 aliphatic carbocycles. The first kappa shape index (κ1) is 10.3. The number of alkyl halides is 2. The van der Waals surface area contributed by atoms with Crippen molar-refractivity contribution in [2.45, 2.75) is 44.3 Å². The van der Waals surface area contributed by atoms with E-state index >= 15 is 0 Å². The summed E-state index contributed by atoms with van der Waals surface area (Å²) in [5.74, 6) is -2.27. The first-order chi connectivity index (χ1) is 6.46. The van der Waals surface area contributed by atoms with E-state index in [9.17, 15) is 13.9 Å². The standard InChI is InChI=1S/C10H17F2NO/c1-7-2-9(14)6-13(7)5-8-3-10(11,12)4-8/h7-9,14H,2-6H2,1H3/t7-,9+/m0/s1. The quantitative estimate of drug-likeness (QED) is 0.738. The topological polar surface area (TPSA) is 23.5 Å². The molecule has 1 saturated carbocycles. The monoisotopic (exact) mass is 205 g/mol. The Morgan fingerprint density at radius 1 is 1.43 bits per heavy atom. The van der Waals surface area contributed by atoms with E-state index in [0.29, 0.717) is 12.6 Å². The van der Waals surface area contributed by atoms with Crippen molar-refractivity contribution in [1.82, 2.24) is 4.90 Å². The van der Waals surface area contributed by atoms with E-state index in [-0.39, 0.29) is 24.9 Å². The van der Waals surface area contributed by atoms with Crippen LogP contribution in [0.25, 0.3) is 0 Å². The molecule has 0 aromatic heterocycles. The molecule has 4 heteroatoms. The van der Waals surface area contributed by atoms with Crippen LogP contribution in [-0.2, 0) is 0 Å². The van der Waals surface area contributed by atoms with Crippen LogP contribution >= 0.6 is 0 Å². The molecular weight excluding hydrogens is 188 g/mol. The minimum absolute atomic E-state index is 0.0340. The van der Waals surface area contributed by atoms with Crippen LogP contribution in [0.1, 0.15) is 26.2 Å². The highest BCUT2D eigenvalue weighted by molar-refractivity contribution is 4.91. The second-order valence-electron chi connectivity index (χ2n) is 4.82. The van der Waals surface area contributed by atoms with Crippen molar-refractivity contribution in [3.63, 3.8) is 0 Å². The Labute approximate surface area is 82.9 Å². The molecule has 14 heavy (non-hydrogen) atoms. The van der Waals surface area contributed by atoms with Gasteiger partial charge < -0.3 is 5.11 Å². The second-order valence-corrected chi connectivity index (χ2v) is 4.82. The number of aliphatic hydroxyl groups excluding tert-OH is 1. The Morgan fingerprint density at radius 3 is 2.50 bits per heavy atom. The summed E-state index contributed by atoms with van der Waals surface area (Å²) in [5.41, 5.74) is 0. The van der Waals surface area contributed by atoms with Crippen LogP contribution in [0.15, 0.2) is 0 Å². The molecule has 82 valence electrons. The van der Waals surface area contributed by atoms with E-state index in [1.165, 1.54) is 0 Å². The molecule has 0 aromatic rings. The third kappa shape index (κ3) is 2.06. The van der Waals surface area contributed by atoms with Gasteiger partial charge in [0.25, 0.3) is 0 Å². The van der Waals surface area contributed by atoms with E-state index in [2.05, 4.69) is 4.90 Å². The Hall–Kier alpha value is -0.220. The SMILES string of the molecule is C[C@H]1C[C@@H](O)CN1CC1CC(F)(F)C1. The lowest BCUT2D eigenvalue weighted by atomic mass is 9.81. The fourth-order valence-corrected chi connectivity index (χ4v) is 2.57. The normalized spacial score (nSPS) is 38.6. The highest BCUT2D eigenvalue weighted by Gasteiger charge is 2.46. The highest BCUT2D eigenvalue weighted by Crippen LogP contribution is 2.43. The van der Waals surface area contributed by atoms with Crippen LogP contribution in [-0.4, -0.2) is 41.2 Å². The van der Waals surface area contributed by atoms with E-state index < -0.39 is 5.92 Å². The summed E-state index contributed by atoms with van der Waals surface area (Å²) in [6.07, 6.45) is 0.590. The Kier molecular flexibility index (Phi) is 2.52. The third-order valence-electron chi connectivity index (χ3n) is 3.35. The fraction of sp³-hybridized carbons (Fsp3) is 1.00. The van der Waals surface area contributed by atoms with Gasteiger partial charge in [0.1, 0.15) is 0 Å². The molecule has 1 heterocycles. The van der Waals surface area contributed by atoms with Crippen LogP contribution in [0.2, 0.25) is 0 Å². The maximum absolute atomic E-state index is 12.6. The first-order valence-corrected chi connectivity index (χ1v) is 5.26. The van der Waals surface area contributed by atoms with Gasteiger partial charge in [-0.05, 0) is 19.3 Å². The minimum Gasteiger partial charge on any atom is -0.392 e. The van der Waals surface area contributed by atoms with Crippen molar-refractivity contribution in [2.75, 3.05) is 13.1 Å². The molecule has 0 aromatic carbocycles. The maximum Gasteiger partial charge on any atom is 0.248 e. The Balaban J connectivity index is 1.77. The van der Waals surface area contributed by atoms with E-state index in [1.54, 1.807) is 0 Å². The van der Waals surface area contributed by atoms with Crippen molar-refractivity contribution >= 4 is 0 Å². The molecule has 0 amide bonds. The van der Waals surface area contributed by atoms with Gasteiger partial charge in [0.2, 0.25) is 5.92 Å². The number of β-amino-alcohol motifs (C(OH)–C–C–N with tert-alkyl or cyclic N) is 1. The van der Waals surface area contributed by atoms with Gasteiger partial charge in [0.05, 0.1) is 6.10 Å². The van der Waals surface area contributed by atoms with Crippen LogP contribution in [0.3, 0.4) is 0 Å². The Bertz CT molecular complexity index is 214. The number of halogens is 2. The third-order valence-corrected chi connectivity index (χ3v) is 3.35. The predicted octanol–water partition coefficient (Wildman–Crippen LogP) is 1.49. The van der Waals surface area contributed by atoms with Crippen molar-refractivity contribution in [1.29, 1.82) is 0 Å². The molecule has 2 fully saturated rings. The molecule has 0 bridgehead atoms. The molecule has 2 nitrogen and oxygen atoms in total. The largest absolute Gasteiger partial charge is 0.392 e. The fourth-order valence-electron chi connectivity index (χ4n) is 2.57. The highest BCUT2D eigenvalue weighted by atomic mass is 19.3. The van der Waals surface area contributed by atoms with Crippen molar-refractivity contribution in [3.8, 4) is 0 Å². The van der Waals surface area contributed by atoms with Gasteiger partial charge in [-0.2, -0.15) is 0 Å². The van der Waals surface area contributed by atoms with Crippen LogP contribution in [0.4, 0.5) is 8.78 Å². The number of likely N-dealkylation sites (tertiary alicyclic amines) is 1. The summed E-state index contributed by atoms with van der Waals surface area (Å²) >= 11 is 0. The molecule has 2 aliphatic rings. The number of nitrogens with zero attached hydrogens (tertiary/aromatic N) is 1. The van der Waals surface area contributed by atoms with Gasteiger partial charge >= 0.3 is 0 Å². The molecule has 0 spiro atoms. The number of rotatable bonds is 2. The summed E-state index contributed by atoms with van der Waals surface area (Å²) in [6, 6.07) is 0.347. The van der Waals surface area contributed by atoms with Gasteiger partial charge in [-0.3, -0.25) is 4.90 Å². The van der Waals surface area contributed by atoms with Crippen LogP contribution < -0.4 is 0 Å². The zero-order valence-electron chi connectivity index (χ0n) is 8.42. The van der Waals surface area contributed by atoms with Crippen LogP contribution in [0, 0.1) is 5.92 Å². The van der Waals surface area contributed by atoms with E-state index in [4.69, 9.17) is 0 Å². The average molecular weight is 205 g/mol. The molecule has 2 atom stereocenters. The molecule has 1 saturated heterocycles. The lowest BCUT2D eigenvalue weighted by molar-refractivity contribution is -0.116. The second kappa shape index (κ2) is 3.42. The Morgan fingerprint density at radius 2 is 2.07 bits per heavy atom. The van der Waals surface area contributed by atoms with Crippen molar-refractivity contribution in [3.05, 3.63) is 0 Å². The lowest BCUT2D eigenvalue weighted by Crippen LogP contribution is -2.43. The molecular formula is C10H17F2NO. The van der Waals surface area contributed by atoms with Gasteiger partial charge in [0.15, 0.2) is 0 Å². The summed E-state index contributed by atoms with van der Waals surface area (Å²) in [5, 5.41) is 9.39. The molecule has 1 N–H and O–H groups in total. The summed E-state index contributed by atoms with van der Waals surface area (Å²) in [4.78, 5) is 2.13. The lowest BCUT2D eigenvalue weighted by Gasteiger charge is -2.38. The predicted molar refractivity (Wildman–Crippen MR) is 49.3 cm³/mol. The number of hydrogen-bond donors (Lipinski definition) is 1. The van der Waals surface area contributed by atoms with E-state index in [1.807, 2.05) is 6.92 Å². The summed E-state index contributed by atoms with van der Waals surface area (Å²) in [7, 11) is 0. The van der Waals surface area contributed by atoms with Gasteiger partial charge in [-0.15, -0.1) is 0 Å². The smallest absolute Gasteiger partial charge is 0.248 e. The first-order valence-electron chi connectivity index (χ1n) is 5.26. The average Bonchev–Trinajstić information content (AvgIpc) is 2.26. The number of hydrogen-bond acceptors (Lipinski definition) is 2. The van der Waals surface area contributed by atoms with Gasteiger partial charge in [-0.1, -0.05) is 0 Å². The molecule has 0 radical (unpaired) electrons. The summed E-state index contributed by atoms with van der Waals surface area (Å²) in [6.45, 7) is 3.43. The van der Waals surface area contributed by atoms with Gasteiger partial charge in [-0.25, -0.2) is 8.78 Å². The zero-order chi connectivity index (χ0) is 10.3. The number of aliphatic hydroxyl groups is 1. The molecule has 2 rings (SSSR count). The summed E-state index contributed by atoms with van der Waals surface area (Å²) < 4.78 is 25.1. The zero-order valence-corrected chi connectivity index (χ0v) is 8.42. The van der Waals surface area contributed by atoms with Crippen molar-refractivity contribution in [2.24, 2.45) is 5.92 Å². The molecule has 0 unspecified atom stereocenters. The van der Waals surface area contributed by atoms with Crippen LogP contribution in [0.5, 0.6) is 0 Å².